The molecule has 5 nitrogen and oxygen atoms in total. The number of hydrogen-bond donors (Lipinski definition) is 2. The monoisotopic (exact) mass is 223 g/mol. The minimum Gasteiger partial charge on any atom is -0.480 e. The highest BCUT2D eigenvalue weighted by atomic mass is 32.2. The van der Waals surface area contributed by atoms with Crippen LogP contribution in [-0.2, 0) is 4.79 Å². The molecule has 2 N–H and O–H groups in total. The Hall–Kier alpha value is -1.56. The fourth-order valence-electron chi connectivity index (χ4n) is 1.10. The van der Waals surface area contributed by atoms with Crippen LogP contribution in [0, 0.1) is 0 Å². The van der Waals surface area contributed by atoms with E-state index in [1.54, 1.807) is 19.2 Å². The van der Waals surface area contributed by atoms with Gasteiger partial charge in [-0.05, 0) is 19.1 Å². The van der Waals surface area contributed by atoms with Gasteiger partial charge in [-0.1, -0.05) is 11.8 Å². The zero-order valence-corrected chi connectivity index (χ0v) is 8.78. The van der Waals surface area contributed by atoms with Gasteiger partial charge in [-0.25, -0.2) is 9.97 Å². The lowest BCUT2D eigenvalue weighted by Crippen LogP contribution is -2.11. The zero-order chi connectivity index (χ0) is 10.8. The number of thioether (sulfide) groups is 1. The van der Waals surface area contributed by atoms with E-state index in [-0.39, 0.29) is 0 Å². The van der Waals surface area contributed by atoms with Gasteiger partial charge in [-0.15, -0.1) is 0 Å². The van der Waals surface area contributed by atoms with Gasteiger partial charge in [-0.2, -0.15) is 0 Å². The maximum Gasteiger partial charge on any atom is 0.316 e. The maximum absolute atomic E-state index is 10.6. The quantitative estimate of drug-likeness (QED) is 0.771. The van der Waals surface area contributed by atoms with Gasteiger partial charge < -0.3 is 10.1 Å². The lowest BCUT2D eigenvalue weighted by atomic mass is 10.4. The third kappa shape index (κ3) is 2.10. The molecular formula is C9H9N3O2S. The normalized spacial score (nSPS) is 12.9. The molecule has 2 heterocycles. The second kappa shape index (κ2) is 3.90. The van der Waals surface area contributed by atoms with Crippen LogP contribution in [0.4, 0.5) is 0 Å². The second-order valence-corrected chi connectivity index (χ2v) is 4.34. The van der Waals surface area contributed by atoms with Crippen molar-refractivity contribution in [2.45, 2.75) is 17.3 Å². The number of pyridine rings is 1. The van der Waals surface area contributed by atoms with Crippen molar-refractivity contribution in [2.24, 2.45) is 0 Å². The van der Waals surface area contributed by atoms with Gasteiger partial charge in [0, 0.05) is 6.20 Å². The molecule has 0 saturated heterocycles. The summed E-state index contributed by atoms with van der Waals surface area (Å²) in [6.07, 6.45) is 1.65. The number of rotatable bonds is 3. The summed E-state index contributed by atoms with van der Waals surface area (Å²) in [6.45, 7) is 1.62. The molecule has 0 bridgehead atoms. The van der Waals surface area contributed by atoms with E-state index in [9.17, 15) is 4.79 Å². The van der Waals surface area contributed by atoms with Crippen LogP contribution >= 0.6 is 11.8 Å². The van der Waals surface area contributed by atoms with Crippen molar-refractivity contribution in [1.29, 1.82) is 0 Å². The van der Waals surface area contributed by atoms with E-state index >= 15 is 0 Å². The van der Waals surface area contributed by atoms with Crippen molar-refractivity contribution < 1.29 is 9.90 Å². The first-order valence-electron chi connectivity index (χ1n) is 4.37. The lowest BCUT2D eigenvalue weighted by Gasteiger charge is -2.00. The van der Waals surface area contributed by atoms with Crippen LogP contribution in [0.5, 0.6) is 0 Å². The number of carbonyl (C=O) groups is 1. The number of H-pyrrole nitrogens is 1. The first-order chi connectivity index (χ1) is 7.16. The van der Waals surface area contributed by atoms with Crippen molar-refractivity contribution in [2.75, 3.05) is 0 Å². The van der Waals surface area contributed by atoms with E-state index in [1.165, 1.54) is 11.8 Å². The second-order valence-electron chi connectivity index (χ2n) is 3.01. The van der Waals surface area contributed by atoms with Gasteiger partial charge in [-0.3, -0.25) is 4.79 Å². The van der Waals surface area contributed by atoms with Crippen molar-refractivity contribution in [3.8, 4) is 0 Å². The highest BCUT2D eigenvalue weighted by Crippen LogP contribution is 2.22. The molecule has 78 valence electrons. The topological polar surface area (TPSA) is 78.9 Å². The predicted molar refractivity (Wildman–Crippen MR) is 56.8 cm³/mol. The number of hydrogen-bond acceptors (Lipinski definition) is 4. The number of aliphatic carboxylic acids is 1. The van der Waals surface area contributed by atoms with Crippen molar-refractivity contribution in [1.82, 2.24) is 15.0 Å². The van der Waals surface area contributed by atoms with Gasteiger partial charge in [0.15, 0.2) is 10.8 Å². The Labute approximate surface area is 89.9 Å². The van der Waals surface area contributed by atoms with E-state index in [0.717, 1.165) is 5.52 Å². The Morgan fingerprint density at radius 1 is 1.67 bits per heavy atom. The average Bonchev–Trinajstić information content (AvgIpc) is 2.59. The summed E-state index contributed by atoms with van der Waals surface area (Å²) in [5, 5.41) is 8.80. The Balaban J connectivity index is 2.26. The van der Waals surface area contributed by atoms with Crippen molar-refractivity contribution in [3.05, 3.63) is 18.3 Å². The standard InChI is InChI=1S/C9H9N3O2S/c1-5(8(13)14)15-9-11-6-3-2-4-10-7(6)12-9/h2-5H,1H3,(H,13,14)(H,10,11,12). The van der Waals surface area contributed by atoms with Crippen LogP contribution in [-0.4, -0.2) is 31.3 Å². The Morgan fingerprint density at radius 2 is 2.47 bits per heavy atom. The molecule has 1 atom stereocenters. The molecule has 0 amide bonds. The summed E-state index contributed by atoms with van der Waals surface area (Å²) in [5.41, 5.74) is 1.43. The fourth-order valence-corrected chi connectivity index (χ4v) is 1.84. The number of carboxylic acid groups (broad SMARTS) is 1. The molecule has 0 spiro atoms. The largest absolute Gasteiger partial charge is 0.480 e. The number of aromatic nitrogens is 3. The van der Waals surface area contributed by atoms with Gasteiger partial charge in [0.2, 0.25) is 0 Å². The first-order valence-corrected chi connectivity index (χ1v) is 5.25. The van der Waals surface area contributed by atoms with E-state index in [4.69, 9.17) is 5.11 Å². The first kappa shape index (κ1) is 9.97. The smallest absolute Gasteiger partial charge is 0.316 e. The molecule has 0 aromatic carbocycles. The predicted octanol–water partition coefficient (Wildman–Crippen LogP) is 1.52. The van der Waals surface area contributed by atoms with Crippen LogP contribution in [0.25, 0.3) is 11.2 Å². The van der Waals surface area contributed by atoms with Crippen molar-refractivity contribution in [3.63, 3.8) is 0 Å². The molecule has 15 heavy (non-hydrogen) atoms. The van der Waals surface area contributed by atoms with Crippen LogP contribution in [0.3, 0.4) is 0 Å². The molecular weight excluding hydrogens is 214 g/mol. The SMILES string of the molecule is CC(Sc1nc2ncccc2[nH]1)C(=O)O. The average molecular weight is 223 g/mol. The summed E-state index contributed by atoms with van der Waals surface area (Å²) in [4.78, 5) is 21.9. The summed E-state index contributed by atoms with van der Waals surface area (Å²) >= 11 is 1.17. The summed E-state index contributed by atoms with van der Waals surface area (Å²) in [5.74, 6) is -0.853. The molecule has 0 radical (unpaired) electrons. The van der Waals surface area contributed by atoms with Crippen LogP contribution in [0.15, 0.2) is 23.5 Å². The number of carboxylic acids is 1. The molecule has 0 saturated carbocycles. The zero-order valence-electron chi connectivity index (χ0n) is 7.97. The van der Waals surface area contributed by atoms with Gasteiger partial charge in [0.1, 0.15) is 5.25 Å². The highest BCUT2D eigenvalue weighted by molar-refractivity contribution is 8.00. The summed E-state index contributed by atoms with van der Waals surface area (Å²) < 4.78 is 0. The van der Waals surface area contributed by atoms with Crippen molar-refractivity contribution >= 4 is 28.9 Å². The van der Waals surface area contributed by atoms with E-state index in [1.807, 2.05) is 6.07 Å². The summed E-state index contributed by atoms with van der Waals surface area (Å²) in [6, 6.07) is 3.65. The third-order valence-corrected chi connectivity index (χ3v) is 2.84. The summed E-state index contributed by atoms with van der Waals surface area (Å²) in [7, 11) is 0. The molecule has 2 aromatic heterocycles. The molecule has 2 rings (SSSR count). The van der Waals surface area contributed by atoms with Crippen LogP contribution < -0.4 is 0 Å². The van der Waals surface area contributed by atoms with Crippen LogP contribution in [0.1, 0.15) is 6.92 Å². The number of nitrogens with zero attached hydrogens (tertiary/aromatic N) is 2. The van der Waals surface area contributed by atoms with E-state index < -0.39 is 11.2 Å². The molecule has 0 aliphatic carbocycles. The fraction of sp³-hybridized carbons (Fsp3) is 0.222. The minimum absolute atomic E-state index is 0.523. The molecule has 1 unspecified atom stereocenters. The number of nitrogens with one attached hydrogen (secondary N) is 1. The van der Waals surface area contributed by atoms with E-state index in [2.05, 4.69) is 15.0 Å². The van der Waals surface area contributed by atoms with E-state index in [0.29, 0.717) is 10.8 Å². The number of aromatic amines is 1. The number of fused-ring (bicyclic) bond motifs is 1. The Kier molecular flexibility index (Phi) is 2.59. The number of imidazole rings is 1. The minimum atomic E-state index is -0.853. The maximum atomic E-state index is 10.6. The molecule has 6 heteroatoms. The third-order valence-electron chi connectivity index (χ3n) is 1.87. The highest BCUT2D eigenvalue weighted by Gasteiger charge is 2.14. The van der Waals surface area contributed by atoms with Gasteiger partial charge in [0.25, 0.3) is 0 Å². The Bertz CT molecular complexity index is 464. The molecule has 0 fully saturated rings. The Morgan fingerprint density at radius 3 is 3.13 bits per heavy atom. The van der Waals surface area contributed by atoms with Crippen LogP contribution in [0.2, 0.25) is 0 Å². The molecule has 0 aliphatic heterocycles. The van der Waals surface area contributed by atoms with Gasteiger partial charge >= 0.3 is 5.97 Å². The van der Waals surface area contributed by atoms with Gasteiger partial charge in [0.05, 0.1) is 5.52 Å². The molecule has 0 aliphatic rings. The molecule has 2 aromatic rings. The lowest BCUT2D eigenvalue weighted by molar-refractivity contribution is -0.136.